The molecule has 1 N–H and O–H groups in total. The molecule has 114 valence electrons. The van der Waals surface area contributed by atoms with Crippen molar-refractivity contribution >= 4 is 21.2 Å². The van der Waals surface area contributed by atoms with Crippen molar-refractivity contribution in [3.05, 3.63) is 30.1 Å². The number of piperidine rings is 1. The van der Waals surface area contributed by atoms with Gasteiger partial charge in [0.15, 0.2) is 0 Å². The van der Waals surface area contributed by atoms with Gasteiger partial charge < -0.3 is 4.57 Å². The quantitative estimate of drug-likeness (QED) is 0.928. The minimum atomic E-state index is -3.41. The van der Waals surface area contributed by atoms with Gasteiger partial charge in [0.05, 0.1) is 17.6 Å². The van der Waals surface area contributed by atoms with Crippen LogP contribution in [0.25, 0.3) is 11.0 Å². The van der Waals surface area contributed by atoms with E-state index in [9.17, 15) is 8.42 Å². The lowest BCUT2D eigenvalue weighted by molar-refractivity contribution is 0.341. The van der Waals surface area contributed by atoms with E-state index < -0.39 is 10.2 Å². The molecule has 0 spiro atoms. The predicted octanol–water partition coefficient (Wildman–Crippen LogP) is 1.39. The third-order valence-corrected chi connectivity index (χ3v) is 5.50. The van der Waals surface area contributed by atoms with Crippen LogP contribution in [0.5, 0.6) is 0 Å². The third-order valence-electron chi connectivity index (χ3n) is 3.95. The summed E-state index contributed by atoms with van der Waals surface area (Å²) in [5, 5.41) is 0. The highest BCUT2D eigenvalue weighted by atomic mass is 32.2. The van der Waals surface area contributed by atoms with Crippen LogP contribution in [0.3, 0.4) is 0 Å². The Morgan fingerprint density at radius 1 is 1.19 bits per heavy atom. The number of aromatic nitrogens is 2. The molecule has 1 aliphatic heterocycles. The van der Waals surface area contributed by atoms with E-state index in [1.54, 1.807) is 0 Å². The molecule has 0 bridgehead atoms. The van der Waals surface area contributed by atoms with Crippen LogP contribution in [0.4, 0.5) is 0 Å². The molecule has 2 heterocycles. The van der Waals surface area contributed by atoms with Gasteiger partial charge in [-0.15, -0.1) is 0 Å². The number of para-hydroxylation sites is 2. The first-order chi connectivity index (χ1) is 10.1. The van der Waals surface area contributed by atoms with Crippen LogP contribution in [0.2, 0.25) is 0 Å². The molecule has 1 aliphatic rings. The smallest absolute Gasteiger partial charge is 0.279 e. The number of fused-ring (bicyclic) bond motifs is 1. The SMILES string of the molecule is Cn1c(CNS(=O)(=O)N2CCCCC2)nc2ccccc21. The fourth-order valence-corrected chi connectivity index (χ4v) is 3.94. The first-order valence-electron chi connectivity index (χ1n) is 7.23. The lowest BCUT2D eigenvalue weighted by atomic mass is 10.2. The maximum Gasteiger partial charge on any atom is 0.279 e. The highest BCUT2D eigenvalue weighted by molar-refractivity contribution is 7.87. The molecule has 2 aromatic rings. The van der Waals surface area contributed by atoms with Gasteiger partial charge >= 0.3 is 0 Å². The Morgan fingerprint density at radius 2 is 1.90 bits per heavy atom. The first-order valence-corrected chi connectivity index (χ1v) is 8.67. The number of hydrogen-bond acceptors (Lipinski definition) is 3. The summed E-state index contributed by atoms with van der Waals surface area (Å²) in [6.45, 7) is 1.43. The van der Waals surface area contributed by atoms with E-state index in [0.717, 1.165) is 36.1 Å². The van der Waals surface area contributed by atoms with Crippen LogP contribution in [0.1, 0.15) is 25.1 Å². The molecular weight excluding hydrogens is 288 g/mol. The van der Waals surface area contributed by atoms with E-state index in [1.165, 1.54) is 4.31 Å². The van der Waals surface area contributed by atoms with Crippen LogP contribution < -0.4 is 4.72 Å². The number of aryl methyl sites for hydroxylation is 1. The summed E-state index contributed by atoms with van der Waals surface area (Å²) in [4.78, 5) is 4.48. The van der Waals surface area contributed by atoms with Gasteiger partial charge in [-0.1, -0.05) is 18.6 Å². The summed E-state index contributed by atoms with van der Waals surface area (Å²) in [7, 11) is -1.50. The molecule has 6 nitrogen and oxygen atoms in total. The third kappa shape index (κ3) is 2.95. The average Bonchev–Trinajstić information content (AvgIpc) is 2.83. The average molecular weight is 308 g/mol. The van der Waals surface area contributed by atoms with E-state index in [0.29, 0.717) is 13.1 Å². The Balaban J connectivity index is 1.75. The van der Waals surface area contributed by atoms with Gasteiger partial charge in [-0.3, -0.25) is 0 Å². The van der Waals surface area contributed by atoms with Crippen LogP contribution >= 0.6 is 0 Å². The number of rotatable bonds is 4. The Hall–Kier alpha value is -1.44. The Morgan fingerprint density at radius 3 is 2.62 bits per heavy atom. The summed E-state index contributed by atoms with van der Waals surface area (Å²) in [5.41, 5.74) is 1.89. The second-order valence-corrected chi connectivity index (χ2v) is 7.12. The van der Waals surface area contributed by atoms with Gasteiger partial charge in [0.2, 0.25) is 0 Å². The fraction of sp³-hybridized carbons (Fsp3) is 0.500. The van der Waals surface area contributed by atoms with E-state index in [-0.39, 0.29) is 6.54 Å². The van der Waals surface area contributed by atoms with Crippen LogP contribution in [0.15, 0.2) is 24.3 Å². The Labute approximate surface area is 125 Å². The first kappa shape index (κ1) is 14.5. The normalized spacial score (nSPS) is 17.4. The minimum Gasteiger partial charge on any atom is -0.330 e. The lowest BCUT2D eigenvalue weighted by Crippen LogP contribution is -2.43. The van der Waals surface area contributed by atoms with Crippen molar-refractivity contribution in [1.82, 2.24) is 18.6 Å². The largest absolute Gasteiger partial charge is 0.330 e. The molecule has 1 aromatic heterocycles. The van der Waals surface area contributed by atoms with Crippen molar-refractivity contribution < 1.29 is 8.42 Å². The molecule has 21 heavy (non-hydrogen) atoms. The molecule has 1 fully saturated rings. The Kier molecular flexibility index (Phi) is 3.97. The van der Waals surface area contributed by atoms with Crippen molar-refractivity contribution in [1.29, 1.82) is 0 Å². The molecule has 1 saturated heterocycles. The molecule has 0 radical (unpaired) electrons. The van der Waals surface area contributed by atoms with Gasteiger partial charge in [-0.25, -0.2) is 4.98 Å². The summed E-state index contributed by atoms with van der Waals surface area (Å²) >= 11 is 0. The highest BCUT2D eigenvalue weighted by Crippen LogP contribution is 2.15. The maximum absolute atomic E-state index is 12.3. The molecule has 0 aliphatic carbocycles. The van der Waals surface area contributed by atoms with Crippen LogP contribution in [-0.2, 0) is 23.8 Å². The minimum absolute atomic E-state index is 0.212. The molecule has 1 aromatic carbocycles. The van der Waals surface area contributed by atoms with E-state index in [4.69, 9.17) is 0 Å². The fourth-order valence-electron chi connectivity index (χ4n) is 2.71. The number of benzene rings is 1. The second-order valence-electron chi connectivity index (χ2n) is 5.36. The summed E-state index contributed by atoms with van der Waals surface area (Å²) in [6.07, 6.45) is 2.98. The van der Waals surface area contributed by atoms with Gasteiger partial charge in [0, 0.05) is 20.1 Å². The highest BCUT2D eigenvalue weighted by Gasteiger charge is 2.23. The van der Waals surface area contributed by atoms with Gasteiger partial charge in [-0.2, -0.15) is 17.4 Å². The van der Waals surface area contributed by atoms with E-state index >= 15 is 0 Å². The monoisotopic (exact) mass is 308 g/mol. The summed E-state index contributed by atoms with van der Waals surface area (Å²) in [6, 6.07) is 7.78. The summed E-state index contributed by atoms with van der Waals surface area (Å²) in [5.74, 6) is 0.719. The van der Waals surface area contributed by atoms with Crippen molar-refractivity contribution in [2.75, 3.05) is 13.1 Å². The van der Waals surface area contributed by atoms with Crippen molar-refractivity contribution in [3.8, 4) is 0 Å². The van der Waals surface area contributed by atoms with E-state index in [1.807, 2.05) is 35.9 Å². The zero-order chi connectivity index (χ0) is 14.9. The molecule has 3 rings (SSSR count). The van der Waals surface area contributed by atoms with Crippen molar-refractivity contribution in [3.63, 3.8) is 0 Å². The molecule has 7 heteroatoms. The molecule has 0 amide bonds. The molecule has 0 atom stereocenters. The number of nitrogens with zero attached hydrogens (tertiary/aromatic N) is 3. The van der Waals surface area contributed by atoms with Crippen LogP contribution in [0, 0.1) is 0 Å². The van der Waals surface area contributed by atoms with E-state index in [2.05, 4.69) is 9.71 Å². The zero-order valence-corrected chi connectivity index (χ0v) is 12.9. The Bertz CT molecular complexity index is 733. The molecule has 0 saturated carbocycles. The van der Waals surface area contributed by atoms with Gasteiger partial charge in [0.25, 0.3) is 10.2 Å². The standard InChI is InChI=1S/C14H20N4O2S/c1-17-13-8-4-3-7-12(13)16-14(17)11-15-21(19,20)18-9-5-2-6-10-18/h3-4,7-8,15H,2,5-6,9-11H2,1H3. The predicted molar refractivity (Wildman–Crippen MR) is 81.9 cm³/mol. The maximum atomic E-state index is 12.3. The second kappa shape index (κ2) is 5.75. The van der Waals surface area contributed by atoms with Gasteiger partial charge in [-0.05, 0) is 25.0 Å². The van der Waals surface area contributed by atoms with Crippen molar-refractivity contribution in [2.24, 2.45) is 7.05 Å². The number of imidazole rings is 1. The topological polar surface area (TPSA) is 67.2 Å². The molecule has 0 unspecified atom stereocenters. The summed E-state index contributed by atoms with van der Waals surface area (Å²) < 4.78 is 30.6. The van der Waals surface area contributed by atoms with Crippen molar-refractivity contribution in [2.45, 2.75) is 25.8 Å². The number of nitrogens with one attached hydrogen (secondary N) is 1. The number of hydrogen-bond donors (Lipinski definition) is 1. The van der Waals surface area contributed by atoms with Crippen LogP contribution in [-0.4, -0.2) is 35.4 Å². The zero-order valence-electron chi connectivity index (χ0n) is 12.1. The molecular formula is C14H20N4O2S. The van der Waals surface area contributed by atoms with Gasteiger partial charge in [0.1, 0.15) is 5.82 Å². The lowest BCUT2D eigenvalue weighted by Gasteiger charge is -2.25.